The largest absolute Gasteiger partial charge is 0.496 e. The lowest BCUT2D eigenvalue weighted by Gasteiger charge is -2.31. The van der Waals surface area contributed by atoms with Gasteiger partial charge in [0.15, 0.2) is 9.84 Å². The van der Waals surface area contributed by atoms with E-state index in [2.05, 4.69) is 17.0 Å². The van der Waals surface area contributed by atoms with Gasteiger partial charge in [-0.25, -0.2) is 8.42 Å². The summed E-state index contributed by atoms with van der Waals surface area (Å²) in [6.45, 7) is 7.43. The Bertz CT molecular complexity index is 622. The van der Waals surface area contributed by atoms with Crippen molar-refractivity contribution in [3.8, 4) is 5.75 Å². The number of likely N-dealkylation sites (tertiary alicyclic amines) is 1. The van der Waals surface area contributed by atoms with E-state index >= 15 is 0 Å². The number of methoxy groups -OCH3 is 1. The second kappa shape index (κ2) is 8.83. The van der Waals surface area contributed by atoms with Crippen LogP contribution in [0.5, 0.6) is 5.75 Å². The van der Waals surface area contributed by atoms with E-state index in [9.17, 15) is 8.42 Å². The summed E-state index contributed by atoms with van der Waals surface area (Å²) < 4.78 is 34.9. The Morgan fingerprint density at radius 2 is 1.92 bits per heavy atom. The summed E-state index contributed by atoms with van der Waals surface area (Å²) in [5.74, 6) is 1.09. The van der Waals surface area contributed by atoms with Crippen molar-refractivity contribution in [3.63, 3.8) is 0 Å². The van der Waals surface area contributed by atoms with Crippen molar-refractivity contribution in [1.29, 1.82) is 0 Å². The molecule has 1 heterocycles. The van der Waals surface area contributed by atoms with Crippen molar-refractivity contribution in [3.05, 3.63) is 29.3 Å². The minimum atomic E-state index is -2.90. The summed E-state index contributed by atoms with van der Waals surface area (Å²) >= 11 is 0. The van der Waals surface area contributed by atoms with Gasteiger partial charge in [0.2, 0.25) is 0 Å². The normalized spacial score (nSPS) is 17.1. The molecule has 1 fully saturated rings. The molecule has 1 aromatic rings. The zero-order valence-corrected chi connectivity index (χ0v) is 15.8. The molecule has 1 aliphatic rings. The maximum absolute atomic E-state index is 12.0. The molecule has 1 saturated heterocycles. The number of hydrogen-bond acceptors (Lipinski definition) is 5. The summed E-state index contributed by atoms with van der Waals surface area (Å²) in [5, 5.41) is -0.164. The van der Waals surface area contributed by atoms with Crippen LogP contribution in [-0.4, -0.2) is 51.1 Å². The average Bonchev–Trinajstić information content (AvgIpc) is 2.60. The monoisotopic (exact) mass is 355 g/mol. The highest BCUT2D eigenvalue weighted by atomic mass is 32.2. The van der Waals surface area contributed by atoms with Gasteiger partial charge in [0.1, 0.15) is 5.75 Å². The van der Waals surface area contributed by atoms with E-state index in [-0.39, 0.29) is 11.0 Å². The molecular weight excluding hydrogens is 326 g/mol. The Morgan fingerprint density at radius 1 is 1.21 bits per heavy atom. The zero-order chi connectivity index (χ0) is 17.6. The number of piperidine rings is 1. The van der Waals surface area contributed by atoms with Crippen LogP contribution in [0, 0.1) is 0 Å². The standard InChI is InChI=1S/C18H29NO4S/c1-4-23-14-16-12-15(6-7-18(16)22-3)13-19-10-8-17(9-11-19)24(20,21)5-2/h6-7,12,17H,4-5,8-11,13-14H2,1-3H3. The molecule has 1 aromatic carbocycles. The van der Waals surface area contributed by atoms with Crippen molar-refractivity contribution in [2.45, 2.75) is 45.1 Å². The van der Waals surface area contributed by atoms with E-state index in [0.717, 1.165) is 43.8 Å². The molecule has 0 aliphatic carbocycles. The van der Waals surface area contributed by atoms with E-state index in [4.69, 9.17) is 9.47 Å². The molecule has 0 bridgehead atoms. The van der Waals surface area contributed by atoms with Crippen molar-refractivity contribution >= 4 is 9.84 Å². The molecule has 24 heavy (non-hydrogen) atoms. The first kappa shape index (κ1) is 19.2. The maximum atomic E-state index is 12.0. The van der Waals surface area contributed by atoms with Gasteiger partial charge in [-0.15, -0.1) is 0 Å². The molecule has 0 saturated carbocycles. The molecule has 5 nitrogen and oxygen atoms in total. The topological polar surface area (TPSA) is 55.8 Å². The van der Waals surface area contributed by atoms with E-state index in [1.807, 2.05) is 13.0 Å². The predicted octanol–water partition coefficient (Wildman–Crippen LogP) is 2.63. The molecule has 136 valence electrons. The van der Waals surface area contributed by atoms with Crippen LogP contribution in [0.15, 0.2) is 18.2 Å². The quantitative estimate of drug-likeness (QED) is 0.717. The van der Waals surface area contributed by atoms with E-state index in [1.165, 1.54) is 5.56 Å². The van der Waals surface area contributed by atoms with Crippen LogP contribution < -0.4 is 4.74 Å². The molecule has 0 amide bonds. The lowest BCUT2D eigenvalue weighted by atomic mass is 10.1. The molecule has 0 aromatic heterocycles. The van der Waals surface area contributed by atoms with Gasteiger partial charge in [0.25, 0.3) is 0 Å². The van der Waals surface area contributed by atoms with Gasteiger partial charge in [0, 0.05) is 24.5 Å². The first-order valence-electron chi connectivity index (χ1n) is 8.67. The zero-order valence-electron chi connectivity index (χ0n) is 15.0. The third-order valence-electron chi connectivity index (χ3n) is 4.66. The smallest absolute Gasteiger partial charge is 0.152 e. The molecule has 0 radical (unpaired) electrons. The summed E-state index contributed by atoms with van der Waals surface area (Å²) in [7, 11) is -1.23. The van der Waals surface area contributed by atoms with Crippen LogP contribution in [0.1, 0.15) is 37.8 Å². The van der Waals surface area contributed by atoms with Crippen LogP contribution >= 0.6 is 0 Å². The van der Waals surface area contributed by atoms with Crippen LogP contribution in [0.2, 0.25) is 0 Å². The molecule has 0 spiro atoms. The van der Waals surface area contributed by atoms with Crippen molar-refractivity contribution in [2.24, 2.45) is 0 Å². The Hall–Kier alpha value is -1.11. The average molecular weight is 356 g/mol. The minimum absolute atomic E-state index is 0.164. The van der Waals surface area contributed by atoms with Crippen LogP contribution in [0.4, 0.5) is 0 Å². The number of rotatable bonds is 8. The first-order chi connectivity index (χ1) is 11.5. The lowest BCUT2D eigenvalue weighted by Crippen LogP contribution is -2.39. The highest BCUT2D eigenvalue weighted by Crippen LogP contribution is 2.24. The molecule has 0 N–H and O–H groups in total. The summed E-state index contributed by atoms with van der Waals surface area (Å²) in [6.07, 6.45) is 1.47. The SMILES string of the molecule is CCOCc1cc(CN2CCC(S(=O)(=O)CC)CC2)ccc1OC. The molecule has 6 heteroatoms. The number of ether oxygens (including phenoxy) is 2. The lowest BCUT2D eigenvalue weighted by molar-refractivity contribution is 0.131. The van der Waals surface area contributed by atoms with Crippen molar-refractivity contribution in [1.82, 2.24) is 4.90 Å². The second-order valence-electron chi connectivity index (χ2n) is 6.21. The third kappa shape index (κ3) is 4.94. The van der Waals surface area contributed by atoms with Gasteiger partial charge < -0.3 is 9.47 Å². The molecule has 1 aliphatic heterocycles. The molecule has 2 rings (SSSR count). The van der Waals surface area contributed by atoms with Crippen LogP contribution in [-0.2, 0) is 27.7 Å². The second-order valence-corrected chi connectivity index (χ2v) is 8.78. The maximum Gasteiger partial charge on any atom is 0.152 e. The highest BCUT2D eigenvalue weighted by molar-refractivity contribution is 7.92. The Labute approximate surface area is 145 Å². The van der Waals surface area contributed by atoms with Crippen molar-refractivity contribution in [2.75, 3.05) is 32.6 Å². The molecule has 0 atom stereocenters. The number of benzene rings is 1. The Balaban J connectivity index is 1.97. The van der Waals surface area contributed by atoms with Crippen LogP contribution in [0.3, 0.4) is 0 Å². The molecule has 0 unspecified atom stereocenters. The fourth-order valence-corrected chi connectivity index (χ4v) is 4.58. The van der Waals surface area contributed by atoms with Gasteiger partial charge in [-0.05, 0) is 50.6 Å². The summed E-state index contributed by atoms with van der Waals surface area (Å²) in [6, 6.07) is 6.19. The summed E-state index contributed by atoms with van der Waals surface area (Å²) in [5.41, 5.74) is 2.27. The van der Waals surface area contributed by atoms with Crippen molar-refractivity contribution < 1.29 is 17.9 Å². The Morgan fingerprint density at radius 3 is 2.50 bits per heavy atom. The number of sulfone groups is 1. The third-order valence-corrected chi connectivity index (χ3v) is 6.95. The van der Waals surface area contributed by atoms with Gasteiger partial charge in [0.05, 0.1) is 19.0 Å². The fourth-order valence-electron chi connectivity index (χ4n) is 3.18. The minimum Gasteiger partial charge on any atom is -0.496 e. The van der Waals surface area contributed by atoms with Gasteiger partial charge in [-0.1, -0.05) is 13.0 Å². The number of nitrogens with zero attached hydrogens (tertiary/aromatic N) is 1. The van der Waals surface area contributed by atoms with Gasteiger partial charge in [-0.2, -0.15) is 0 Å². The van der Waals surface area contributed by atoms with E-state index in [1.54, 1.807) is 14.0 Å². The van der Waals surface area contributed by atoms with Crippen LogP contribution in [0.25, 0.3) is 0 Å². The van der Waals surface area contributed by atoms with Gasteiger partial charge in [-0.3, -0.25) is 4.90 Å². The van der Waals surface area contributed by atoms with E-state index in [0.29, 0.717) is 13.2 Å². The highest BCUT2D eigenvalue weighted by Gasteiger charge is 2.28. The fraction of sp³-hybridized carbons (Fsp3) is 0.667. The first-order valence-corrected chi connectivity index (χ1v) is 10.4. The number of hydrogen-bond donors (Lipinski definition) is 0. The molecular formula is C18H29NO4S. The summed E-state index contributed by atoms with van der Waals surface area (Å²) in [4.78, 5) is 2.33. The van der Waals surface area contributed by atoms with Gasteiger partial charge >= 0.3 is 0 Å². The predicted molar refractivity (Wildman–Crippen MR) is 96.1 cm³/mol. The van der Waals surface area contributed by atoms with E-state index < -0.39 is 9.84 Å². The Kier molecular flexibility index (Phi) is 7.07.